The molecule has 0 radical (unpaired) electrons. The zero-order chi connectivity index (χ0) is 34.4. The lowest BCUT2D eigenvalue weighted by Crippen LogP contribution is -2.46. The Labute approximate surface area is 280 Å². The quantitative estimate of drug-likeness (QED) is 0.105. The van der Waals surface area contributed by atoms with Gasteiger partial charge in [-0.3, -0.25) is 9.59 Å². The molecule has 0 aromatic heterocycles. The highest BCUT2D eigenvalue weighted by Gasteiger charge is 2.30. The van der Waals surface area contributed by atoms with Crippen LogP contribution in [0.2, 0.25) is 0 Å². The number of benzene rings is 3. The van der Waals surface area contributed by atoms with Crippen LogP contribution >= 0.6 is 0 Å². The fraction of sp³-hybridized carbons (Fsp3) is 0.459. The second kappa shape index (κ2) is 18.5. The molecule has 3 aromatic carbocycles. The highest BCUT2D eigenvalue weighted by atomic mass is 19.4. The van der Waals surface area contributed by atoms with E-state index >= 15 is 0 Å². The van der Waals surface area contributed by atoms with Crippen LogP contribution in [0.25, 0.3) is 0 Å². The number of unbranched alkanes of at least 4 members (excludes halogenated alkanes) is 3. The molecule has 1 aliphatic heterocycles. The van der Waals surface area contributed by atoms with E-state index in [9.17, 15) is 27.9 Å². The van der Waals surface area contributed by atoms with Gasteiger partial charge < -0.3 is 29.5 Å². The maximum atomic E-state index is 12.9. The van der Waals surface area contributed by atoms with Gasteiger partial charge in [-0.25, -0.2) is 0 Å². The SMILES string of the molecule is COc1ccc(C(=O)CCCCCCC(=O)N[C@H](CN2CCCC2)[C@H](O)c2ccc(OCCOc3cccc(C(F)(F)F)c3)cc2)cc1. The Hall–Kier alpha value is -4.09. The average Bonchev–Trinajstić information content (AvgIpc) is 3.61. The van der Waals surface area contributed by atoms with Crippen molar-refractivity contribution in [3.05, 3.63) is 89.5 Å². The number of ether oxygens (including phenoxy) is 3. The first-order chi connectivity index (χ1) is 23.1. The number of carbonyl (C=O) groups excluding carboxylic acids is 2. The molecule has 11 heteroatoms. The lowest BCUT2D eigenvalue weighted by atomic mass is 10.0. The monoisotopic (exact) mass is 670 g/mol. The van der Waals surface area contributed by atoms with Crippen molar-refractivity contribution >= 4 is 11.7 Å². The molecule has 0 spiro atoms. The Balaban J connectivity index is 1.19. The van der Waals surface area contributed by atoms with E-state index in [0.29, 0.717) is 48.4 Å². The standard InChI is InChI=1S/C37H45F3N2O6/c1-46-30-17-13-27(14-18-30)34(43)11-4-2-3-5-12-35(44)41-33(26-42-21-6-7-22-42)36(45)28-15-19-31(20-16-28)47-23-24-48-32-10-8-9-29(25-32)37(38,39)40/h8-10,13-20,25,33,36,45H,2-7,11-12,21-24,26H2,1H3,(H,41,44)/t33-,36-/m1/s1. The summed E-state index contributed by atoms with van der Waals surface area (Å²) < 4.78 is 55.0. The first-order valence-corrected chi connectivity index (χ1v) is 16.5. The van der Waals surface area contributed by atoms with Gasteiger partial charge in [-0.1, -0.05) is 31.0 Å². The third-order valence-corrected chi connectivity index (χ3v) is 8.35. The van der Waals surface area contributed by atoms with Crippen molar-refractivity contribution in [2.45, 2.75) is 69.7 Å². The zero-order valence-corrected chi connectivity index (χ0v) is 27.3. The largest absolute Gasteiger partial charge is 0.497 e. The molecule has 1 aliphatic rings. The second-order valence-electron chi connectivity index (χ2n) is 12.0. The molecule has 2 atom stereocenters. The Kier molecular flexibility index (Phi) is 14.1. The number of hydrogen-bond donors (Lipinski definition) is 2. The number of hydrogen-bond acceptors (Lipinski definition) is 7. The molecule has 48 heavy (non-hydrogen) atoms. The van der Waals surface area contributed by atoms with Gasteiger partial charge in [-0.05, 0) is 98.9 Å². The third-order valence-electron chi connectivity index (χ3n) is 8.35. The van der Waals surface area contributed by atoms with Gasteiger partial charge in [0.05, 0.1) is 18.7 Å². The Morgan fingerprint density at radius 2 is 1.46 bits per heavy atom. The Bertz CT molecular complexity index is 1430. The van der Waals surface area contributed by atoms with Crippen LogP contribution in [0.1, 0.15) is 79.0 Å². The predicted octanol–water partition coefficient (Wildman–Crippen LogP) is 7.01. The molecule has 4 rings (SSSR count). The van der Waals surface area contributed by atoms with Gasteiger partial charge in [0.25, 0.3) is 0 Å². The average molecular weight is 671 g/mol. The van der Waals surface area contributed by atoms with Crippen molar-refractivity contribution in [3.63, 3.8) is 0 Å². The number of methoxy groups -OCH3 is 1. The summed E-state index contributed by atoms with van der Waals surface area (Å²) in [7, 11) is 1.59. The number of ketones is 1. The molecule has 260 valence electrons. The number of alkyl halides is 3. The number of Topliss-reactive ketones (excluding diaryl/α,β-unsaturated/α-hetero) is 1. The number of halogens is 3. The first kappa shape index (κ1) is 36.7. The van der Waals surface area contributed by atoms with Crippen molar-refractivity contribution in [1.82, 2.24) is 10.2 Å². The van der Waals surface area contributed by atoms with E-state index in [0.717, 1.165) is 57.3 Å². The molecule has 3 aromatic rings. The lowest BCUT2D eigenvalue weighted by Gasteiger charge is -2.29. The van der Waals surface area contributed by atoms with Crippen LogP contribution < -0.4 is 19.5 Å². The molecule has 1 fully saturated rings. The van der Waals surface area contributed by atoms with Gasteiger partial charge in [-0.15, -0.1) is 0 Å². The summed E-state index contributed by atoms with van der Waals surface area (Å²) >= 11 is 0. The van der Waals surface area contributed by atoms with Crippen LogP contribution in [0.5, 0.6) is 17.2 Å². The van der Waals surface area contributed by atoms with Gasteiger partial charge in [0.2, 0.25) is 5.91 Å². The summed E-state index contributed by atoms with van der Waals surface area (Å²) in [5.41, 5.74) is 0.524. The Morgan fingerprint density at radius 1 is 0.833 bits per heavy atom. The molecule has 0 aliphatic carbocycles. The molecule has 0 saturated carbocycles. The maximum Gasteiger partial charge on any atom is 0.416 e. The number of nitrogens with one attached hydrogen (secondary N) is 1. The van der Waals surface area contributed by atoms with E-state index in [-0.39, 0.29) is 30.7 Å². The first-order valence-electron chi connectivity index (χ1n) is 16.5. The zero-order valence-electron chi connectivity index (χ0n) is 27.3. The minimum absolute atomic E-state index is 0.0530. The lowest BCUT2D eigenvalue weighted by molar-refractivity contribution is -0.137. The highest BCUT2D eigenvalue weighted by molar-refractivity contribution is 5.96. The van der Waals surface area contributed by atoms with Gasteiger partial charge in [0.1, 0.15) is 36.6 Å². The molecule has 0 bridgehead atoms. The van der Waals surface area contributed by atoms with Gasteiger partial charge in [0.15, 0.2) is 5.78 Å². The normalized spacial score (nSPS) is 14.7. The Morgan fingerprint density at radius 3 is 2.10 bits per heavy atom. The molecular formula is C37H45F3N2O6. The van der Waals surface area contributed by atoms with E-state index < -0.39 is 23.9 Å². The maximum absolute atomic E-state index is 12.9. The summed E-state index contributed by atoms with van der Waals surface area (Å²) in [6, 6.07) is 18.2. The van der Waals surface area contributed by atoms with Gasteiger partial charge in [-0.2, -0.15) is 13.2 Å². The van der Waals surface area contributed by atoms with Crippen LogP contribution in [-0.2, 0) is 11.0 Å². The van der Waals surface area contributed by atoms with E-state index in [4.69, 9.17) is 14.2 Å². The number of likely N-dealkylation sites (tertiary alicyclic amines) is 1. The summed E-state index contributed by atoms with van der Waals surface area (Å²) in [4.78, 5) is 27.6. The van der Waals surface area contributed by atoms with Crippen molar-refractivity contribution in [2.24, 2.45) is 0 Å². The van der Waals surface area contributed by atoms with Crippen molar-refractivity contribution in [3.8, 4) is 17.2 Å². The molecule has 2 N–H and O–H groups in total. The van der Waals surface area contributed by atoms with Gasteiger partial charge in [0, 0.05) is 24.9 Å². The summed E-state index contributed by atoms with van der Waals surface area (Å²) in [6.45, 7) is 2.54. The molecule has 0 unspecified atom stereocenters. The molecule has 1 amide bonds. The van der Waals surface area contributed by atoms with E-state index in [2.05, 4.69) is 10.2 Å². The smallest absolute Gasteiger partial charge is 0.416 e. The minimum Gasteiger partial charge on any atom is -0.497 e. The van der Waals surface area contributed by atoms with Crippen molar-refractivity contribution in [1.29, 1.82) is 0 Å². The number of rotatable bonds is 19. The number of amides is 1. The number of carbonyl (C=O) groups is 2. The van der Waals surface area contributed by atoms with E-state index in [1.165, 1.54) is 12.1 Å². The van der Waals surface area contributed by atoms with Crippen LogP contribution in [-0.4, -0.2) is 67.7 Å². The highest BCUT2D eigenvalue weighted by Crippen LogP contribution is 2.31. The van der Waals surface area contributed by atoms with Crippen LogP contribution in [0.3, 0.4) is 0 Å². The topological polar surface area (TPSA) is 97.3 Å². The molecular weight excluding hydrogens is 625 g/mol. The molecule has 1 saturated heterocycles. The summed E-state index contributed by atoms with van der Waals surface area (Å²) in [5.74, 6) is 1.31. The van der Waals surface area contributed by atoms with Crippen LogP contribution in [0.4, 0.5) is 13.2 Å². The minimum atomic E-state index is -4.44. The number of nitrogens with zero attached hydrogens (tertiary/aromatic N) is 1. The van der Waals surface area contributed by atoms with E-state index in [1.807, 2.05) is 0 Å². The van der Waals surface area contributed by atoms with Crippen LogP contribution in [0, 0.1) is 0 Å². The summed E-state index contributed by atoms with van der Waals surface area (Å²) in [6.07, 6.45) is 0.714. The second-order valence-corrected chi connectivity index (χ2v) is 12.0. The summed E-state index contributed by atoms with van der Waals surface area (Å²) in [5, 5.41) is 14.4. The number of aliphatic hydroxyl groups is 1. The molecule has 1 heterocycles. The third kappa shape index (κ3) is 11.9. The van der Waals surface area contributed by atoms with Gasteiger partial charge >= 0.3 is 6.18 Å². The number of aliphatic hydroxyl groups excluding tert-OH is 1. The fourth-order valence-electron chi connectivity index (χ4n) is 5.67. The van der Waals surface area contributed by atoms with Crippen molar-refractivity contribution < 1.29 is 42.1 Å². The predicted molar refractivity (Wildman–Crippen MR) is 176 cm³/mol. The van der Waals surface area contributed by atoms with Crippen molar-refractivity contribution in [2.75, 3.05) is 40.0 Å². The molecule has 8 nitrogen and oxygen atoms in total. The fourth-order valence-corrected chi connectivity index (χ4v) is 5.67. The van der Waals surface area contributed by atoms with Crippen LogP contribution in [0.15, 0.2) is 72.8 Å². The van der Waals surface area contributed by atoms with E-state index in [1.54, 1.807) is 55.6 Å².